The third-order valence-electron chi connectivity index (χ3n) is 8.92. The third kappa shape index (κ3) is 8.44. The van der Waals surface area contributed by atoms with Crippen LogP contribution in [0.1, 0.15) is 47.3 Å². The Morgan fingerprint density at radius 1 is 0.867 bits per heavy atom. The van der Waals surface area contributed by atoms with E-state index in [-0.39, 0.29) is 30.4 Å². The highest BCUT2D eigenvalue weighted by atomic mass is 16.5. The van der Waals surface area contributed by atoms with E-state index in [1.807, 2.05) is 41.4 Å². The molecule has 4 aliphatic heterocycles. The Morgan fingerprint density at radius 2 is 1.67 bits per heavy atom. The summed E-state index contributed by atoms with van der Waals surface area (Å²) in [7, 11) is 0. The van der Waals surface area contributed by atoms with Crippen molar-refractivity contribution in [2.24, 2.45) is 5.92 Å². The number of ether oxygens (including phenoxy) is 3. The first kappa shape index (κ1) is 31.1. The van der Waals surface area contributed by atoms with Crippen LogP contribution in [0.15, 0.2) is 54.9 Å². The summed E-state index contributed by atoms with van der Waals surface area (Å²) in [5.41, 5.74) is 2.00. The number of benzene rings is 1. The second-order valence-corrected chi connectivity index (χ2v) is 12.0. The minimum absolute atomic E-state index is 0.110. The van der Waals surface area contributed by atoms with Crippen LogP contribution in [-0.2, 0) is 27.2 Å². The molecule has 0 radical (unpaired) electrons. The van der Waals surface area contributed by atoms with E-state index in [0.717, 1.165) is 57.6 Å². The van der Waals surface area contributed by atoms with Crippen molar-refractivity contribution >= 4 is 11.8 Å². The largest absolute Gasteiger partial charge is 0.475 e. The van der Waals surface area contributed by atoms with E-state index in [2.05, 4.69) is 25.5 Å². The van der Waals surface area contributed by atoms with Crippen LogP contribution in [0.5, 0.6) is 5.88 Å². The molecule has 0 unspecified atom stereocenters. The summed E-state index contributed by atoms with van der Waals surface area (Å²) in [6.07, 6.45) is 7.54. The molecule has 1 atom stereocenters. The maximum absolute atomic E-state index is 14.0. The van der Waals surface area contributed by atoms with Crippen molar-refractivity contribution in [2.75, 3.05) is 59.2 Å². The van der Waals surface area contributed by atoms with Crippen molar-refractivity contribution in [1.29, 1.82) is 0 Å². The molecule has 1 N–H and O–H groups in total. The lowest BCUT2D eigenvalue weighted by molar-refractivity contribution is -0.134. The van der Waals surface area contributed by atoms with Crippen molar-refractivity contribution in [3.63, 3.8) is 0 Å². The fourth-order valence-electron chi connectivity index (χ4n) is 6.45. The number of amides is 2. The molecule has 12 heteroatoms. The highest BCUT2D eigenvalue weighted by molar-refractivity contribution is 5.99. The molecular weight excluding hydrogens is 574 g/mol. The molecule has 6 heterocycles. The predicted molar refractivity (Wildman–Crippen MR) is 166 cm³/mol. The van der Waals surface area contributed by atoms with E-state index >= 15 is 0 Å². The molecule has 1 aromatic carbocycles. The number of hydrogen-bond donors (Lipinski definition) is 1. The topological polar surface area (TPSA) is 124 Å². The Labute approximate surface area is 264 Å². The summed E-state index contributed by atoms with van der Waals surface area (Å²) in [6.45, 7) is 6.52. The summed E-state index contributed by atoms with van der Waals surface area (Å²) in [5, 5.41) is 11.6. The molecule has 2 amide bonds. The highest BCUT2D eigenvalue weighted by Crippen LogP contribution is 2.24. The van der Waals surface area contributed by atoms with Crippen molar-refractivity contribution in [1.82, 2.24) is 35.1 Å². The zero-order valence-corrected chi connectivity index (χ0v) is 25.8. The van der Waals surface area contributed by atoms with Crippen molar-refractivity contribution in [3.8, 4) is 5.88 Å². The molecule has 240 valence electrons. The molecule has 7 rings (SSSR count). The van der Waals surface area contributed by atoms with E-state index in [0.29, 0.717) is 50.5 Å². The Morgan fingerprint density at radius 3 is 2.49 bits per heavy atom. The van der Waals surface area contributed by atoms with Crippen molar-refractivity contribution in [3.05, 3.63) is 71.7 Å². The van der Waals surface area contributed by atoms with Gasteiger partial charge in [0.05, 0.1) is 25.5 Å². The van der Waals surface area contributed by atoms with E-state index in [4.69, 9.17) is 14.2 Å². The zero-order valence-electron chi connectivity index (χ0n) is 25.8. The number of hydrogen-bond acceptors (Lipinski definition) is 9. The lowest BCUT2D eigenvalue weighted by atomic mass is 9.94. The summed E-state index contributed by atoms with van der Waals surface area (Å²) in [5.74, 6) is 0.172. The number of nitrogens with zero attached hydrogens (tertiary/aromatic N) is 6. The highest BCUT2D eigenvalue weighted by Gasteiger charge is 2.33. The van der Waals surface area contributed by atoms with Gasteiger partial charge in [-0.3, -0.25) is 14.5 Å². The zero-order chi connectivity index (χ0) is 30.8. The molecule has 0 saturated carbocycles. The fourth-order valence-corrected chi connectivity index (χ4v) is 6.45. The minimum Gasteiger partial charge on any atom is -0.475 e. The molecular formula is C33H43N7O5. The standard InChI is InChI=1S/C33H43N7O5/c41-31-29-7-4-12-34-32(29)45-20-19-44-18-15-39(28-10-16-43-17-11-28)22-26-8-13-38(14-9-26)33(42)30(35-31)21-27-24-40(37-36-27)23-25-5-2-1-3-6-25/h1-7,12,24,26,28,30H,8-11,13-23H2,(H,35,41)/t30-/m1/s1. The Kier molecular flexibility index (Phi) is 10.7. The number of carbonyl (C=O) groups excluding carboxylic acids is 2. The second kappa shape index (κ2) is 15.4. The van der Waals surface area contributed by atoms with Gasteiger partial charge >= 0.3 is 0 Å². The number of nitrogens with one attached hydrogen (secondary N) is 1. The van der Waals surface area contributed by atoms with Crippen LogP contribution in [0.2, 0.25) is 0 Å². The molecule has 2 aromatic heterocycles. The van der Waals surface area contributed by atoms with Crippen molar-refractivity contribution < 1.29 is 23.8 Å². The molecule has 45 heavy (non-hydrogen) atoms. The van der Waals surface area contributed by atoms with E-state index in [9.17, 15) is 9.59 Å². The predicted octanol–water partition coefficient (Wildman–Crippen LogP) is 2.19. The fraction of sp³-hybridized carbons (Fsp3) is 0.545. The summed E-state index contributed by atoms with van der Waals surface area (Å²) < 4.78 is 19.2. The summed E-state index contributed by atoms with van der Waals surface area (Å²) in [4.78, 5) is 36.4. The lowest BCUT2D eigenvalue weighted by Gasteiger charge is -2.40. The molecule has 2 fully saturated rings. The summed E-state index contributed by atoms with van der Waals surface area (Å²) >= 11 is 0. The number of piperidine rings is 1. The molecule has 2 saturated heterocycles. The smallest absolute Gasteiger partial charge is 0.257 e. The number of fused-ring (bicyclic) bond motifs is 12. The number of pyridine rings is 1. The van der Waals surface area contributed by atoms with Gasteiger partial charge in [0.1, 0.15) is 18.2 Å². The molecule has 0 spiro atoms. The molecule has 4 aliphatic rings. The number of aromatic nitrogens is 4. The molecule has 3 aromatic rings. The SMILES string of the molecule is O=C1N[C@H](Cc2cn(Cc3ccccc3)nn2)C(=O)N2CCC(CC2)CN(C2CCOCC2)CCOCCOc2ncccc21. The van der Waals surface area contributed by atoms with Gasteiger partial charge in [-0.05, 0) is 49.3 Å². The molecule has 12 nitrogen and oxygen atoms in total. The van der Waals surface area contributed by atoms with Crippen LogP contribution < -0.4 is 10.1 Å². The van der Waals surface area contributed by atoms with Crippen LogP contribution >= 0.6 is 0 Å². The van der Waals surface area contributed by atoms with Gasteiger partial charge in [-0.25, -0.2) is 9.67 Å². The Hall–Kier alpha value is -3.87. The monoisotopic (exact) mass is 617 g/mol. The van der Waals surface area contributed by atoms with E-state index in [1.165, 1.54) is 0 Å². The first-order valence-corrected chi connectivity index (χ1v) is 16.1. The average molecular weight is 618 g/mol. The maximum atomic E-state index is 14.0. The number of rotatable bonds is 5. The van der Waals surface area contributed by atoms with Crippen LogP contribution in [0.25, 0.3) is 0 Å². The van der Waals surface area contributed by atoms with Crippen LogP contribution in [0, 0.1) is 5.92 Å². The minimum atomic E-state index is -0.815. The van der Waals surface area contributed by atoms with Crippen molar-refractivity contribution in [2.45, 2.75) is 50.7 Å². The van der Waals surface area contributed by atoms with Gasteiger partial charge < -0.3 is 24.4 Å². The van der Waals surface area contributed by atoms with E-state index in [1.54, 1.807) is 23.0 Å². The molecule has 0 aliphatic carbocycles. The normalized spacial score (nSPS) is 23.1. The van der Waals surface area contributed by atoms with Crippen LogP contribution in [0.3, 0.4) is 0 Å². The van der Waals surface area contributed by atoms with Gasteiger partial charge in [-0.2, -0.15) is 0 Å². The van der Waals surface area contributed by atoms with Crippen LogP contribution in [0.4, 0.5) is 0 Å². The van der Waals surface area contributed by atoms with Gasteiger partial charge in [-0.1, -0.05) is 35.5 Å². The maximum Gasteiger partial charge on any atom is 0.257 e. The molecule has 2 bridgehead atoms. The first-order valence-electron chi connectivity index (χ1n) is 16.1. The first-order chi connectivity index (χ1) is 22.1. The van der Waals surface area contributed by atoms with E-state index < -0.39 is 11.9 Å². The quantitative estimate of drug-likeness (QED) is 0.429. The second-order valence-electron chi connectivity index (χ2n) is 12.0. The van der Waals surface area contributed by atoms with Crippen LogP contribution in [-0.4, -0.2) is 113 Å². The van der Waals surface area contributed by atoms with Gasteiger partial charge in [-0.15, -0.1) is 5.10 Å². The van der Waals surface area contributed by atoms with Gasteiger partial charge in [0.25, 0.3) is 5.91 Å². The Bertz CT molecular complexity index is 1390. The average Bonchev–Trinajstić information content (AvgIpc) is 3.52. The van der Waals surface area contributed by atoms with Gasteiger partial charge in [0.15, 0.2) is 0 Å². The Balaban J connectivity index is 1.20. The van der Waals surface area contributed by atoms with Gasteiger partial charge in [0.2, 0.25) is 11.8 Å². The number of carbonyl (C=O) groups is 2. The summed E-state index contributed by atoms with van der Waals surface area (Å²) in [6, 6.07) is 13.0. The third-order valence-corrected chi connectivity index (χ3v) is 8.92. The lowest BCUT2D eigenvalue weighted by Crippen LogP contribution is -2.52. The van der Waals surface area contributed by atoms with Gasteiger partial charge in [0, 0.05) is 64.2 Å².